The van der Waals surface area contributed by atoms with Crippen molar-refractivity contribution in [3.63, 3.8) is 0 Å². The first-order valence-corrected chi connectivity index (χ1v) is 12.4. The molecule has 2 fully saturated rings. The summed E-state index contributed by atoms with van der Waals surface area (Å²) in [6.07, 6.45) is 8.29. The number of anilines is 3. The van der Waals surface area contributed by atoms with Gasteiger partial charge in [-0.1, -0.05) is 12.8 Å². The molecular weight excluding hydrogens is 432 g/mol. The first-order chi connectivity index (χ1) is 16.8. The van der Waals surface area contributed by atoms with Gasteiger partial charge < -0.3 is 25.6 Å². The molecule has 3 aromatic heterocycles. The van der Waals surface area contributed by atoms with E-state index in [2.05, 4.69) is 30.8 Å². The molecule has 0 unspecified atom stereocenters. The third kappa shape index (κ3) is 5.26. The normalized spacial score (nSPS) is 17.0. The number of hydrogen-bond donors (Lipinski definition) is 3. The molecule has 11 nitrogen and oxygen atoms in total. The summed E-state index contributed by atoms with van der Waals surface area (Å²) in [5.74, 6) is 2.11. The zero-order valence-corrected chi connectivity index (χ0v) is 19.8. The summed E-state index contributed by atoms with van der Waals surface area (Å²) in [6, 6.07) is 2.39. The predicted molar refractivity (Wildman–Crippen MR) is 131 cm³/mol. The van der Waals surface area contributed by atoms with Crippen molar-refractivity contribution in [2.45, 2.75) is 51.7 Å². The van der Waals surface area contributed by atoms with E-state index in [1.807, 2.05) is 17.7 Å². The summed E-state index contributed by atoms with van der Waals surface area (Å²) in [6.45, 7) is 8.14. The largest absolute Gasteiger partial charge is 0.380 e. The zero-order chi connectivity index (χ0) is 23.2. The average Bonchev–Trinajstić information content (AvgIpc) is 3.52. The van der Waals surface area contributed by atoms with E-state index >= 15 is 0 Å². The van der Waals surface area contributed by atoms with Crippen molar-refractivity contribution < 1.29 is 4.74 Å². The minimum absolute atomic E-state index is 0.553. The topological polar surface area (TPSA) is 118 Å². The molecule has 1 saturated carbocycles. The van der Waals surface area contributed by atoms with Crippen LogP contribution in [0.1, 0.15) is 38.3 Å². The molecule has 1 saturated heterocycles. The minimum atomic E-state index is 0.553. The summed E-state index contributed by atoms with van der Waals surface area (Å²) in [5, 5.41) is 15.5. The molecular formula is C23H34N10O. The number of ether oxygens (including phenoxy) is 1. The monoisotopic (exact) mass is 466 g/mol. The number of fused-ring (bicyclic) bond motifs is 1. The Morgan fingerprint density at radius 2 is 2.03 bits per heavy atom. The summed E-state index contributed by atoms with van der Waals surface area (Å²) >= 11 is 0. The van der Waals surface area contributed by atoms with Gasteiger partial charge in [0.15, 0.2) is 5.82 Å². The molecule has 1 aliphatic heterocycles. The first kappa shape index (κ1) is 22.9. The van der Waals surface area contributed by atoms with Crippen LogP contribution in [0.2, 0.25) is 0 Å². The van der Waals surface area contributed by atoms with E-state index in [9.17, 15) is 0 Å². The Kier molecular flexibility index (Phi) is 7.42. The summed E-state index contributed by atoms with van der Waals surface area (Å²) in [7, 11) is 0. The maximum absolute atomic E-state index is 5.64. The Hall–Kier alpha value is -2.89. The van der Waals surface area contributed by atoms with Crippen LogP contribution in [0, 0.1) is 0 Å². The number of nitrogens with zero attached hydrogens (tertiary/aromatic N) is 7. The first-order valence-electron chi connectivity index (χ1n) is 12.4. The molecule has 34 heavy (non-hydrogen) atoms. The molecule has 0 amide bonds. The minimum Gasteiger partial charge on any atom is -0.380 e. The predicted octanol–water partition coefficient (Wildman–Crippen LogP) is 1.84. The lowest BCUT2D eigenvalue weighted by Crippen LogP contribution is -2.44. The van der Waals surface area contributed by atoms with Crippen LogP contribution >= 0.6 is 0 Å². The molecule has 3 N–H and O–H groups in total. The van der Waals surface area contributed by atoms with Crippen LogP contribution in [0.5, 0.6) is 0 Å². The van der Waals surface area contributed by atoms with E-state index in [1.165, 1.54) is 32.0 Å². The van der Waals surface area contributed by atoms with E-state index in [0.717, 1.165) is 48.9 Å². The van der Waals surface area contributed by atoms with Gasteiger partial charge in [0.2, 0.25) is 5.95 Å². The van der Waals surface area contributed by atoms with Gasteiger partial charge in [0, 0.05) is 51.6 Å². The van der Waals surface area contributed by atoms with Crippen molar-refractivity contribution in [2.75, 3.05) is 49.6 Å². The Balaban J connectivity index is 1.55. The van der Waals surface area contributed by atoms with Crippen LogP contribution in [-0.2, 0) is 17.8 Å². The van der Waals surface area contributed by atoms with Crippen LogP contribution in [-0.4, -0.2) is 75.2 Å². The average molecular weight is 467 g/mol. The fraction of sp³-hybridized carbons (Fsp3) is 0.609. The molecule has 4 heterocycles. The molecule has 0 aromatic carbocycles. The molecule has 182 valence electrons. The maximum Gasteiger partial charge on any atom is 0.228 e. The Labute approximate surface area is 199 Å². The van der Waals surface area contributed by atoms with Gasteiger partial charge in [-0.25, -0.2) is 15.0 Å². The highest BCUT2D eigenvalue weighted by molar-refractivity contribution is 5.90. The Morgan fingerprint density at radius 1 is 1.18 bits per heavy atom. The van der Waals surface area contributed by atoms with Crippen molar-refractivity contribution in [2.24, 2.45) is 0 Å². The maximum atomic E-state index is 5.64. The molecule has 5 rings (SSSR count). The van der Waals surface area contributed by atoms with Crippen LogP contribution in [0.3, 0.4) is 0 Å². The van der Waals surface area contributed by atoms with Gasteiger partial charge in [0.1, 0.15) is 28.9 Å². The third-order valence-corrected chi connectivity index (χ3v) is 6.44. The summed E-state index contributed by atoms with van der Waals surface area (Å²) in [4.78, 5) is 20.6. The highest BCUT2D eigenvalue weighted by atomic mass is 16.5. The van der Waals surface area contributed by atoms with Crippen molar-refractivity contribution in [3.05, 3.63) is 24.3 Å². The van der Waals surface area contributed by atoms with Crippen molar-refractivity contribution in [1.29, 1.82) is 0 Å². The second-order valence-electron chi connectivity index (χ2n) is 8.76. The third-order valence-electron chi connectivity index (χ3n) is 6.44. The van der Waals surface area contributed by atoms with Crippen LogP contribution in [0.25, 0.3) is 11.0 Å². The molecule has 0 spiro atoms. The molecule has 3 aromatic rings. The zero-order valence-electron chi connectivity index (χ0n) is 19.8. The van der Waals surface area contributed by atoms with Crippen molar-refractivity contribution >= 4 is 28.6 Å². The highest BCUT2D eigenvalue weighted by Crippen LogP contribution is 2.29. The van der Waals surface area contributed by atoms with Gasteiger partial charge in [-0.15, -0.1) is 0 Å². The van der Waals surface area contributed by atoms with Gasteiger partial charge in [-0.2, -0.15) is 10.1 Å². The smallest absolute Gasteiger partial charge is 0.228 e. The Bertz CT molecular complexity index is 1060. The fourth-order valence-corrected chi connectivity index (χ4v) is 4.66. The number of aromatic nitrogens is 6. The number of piperazine rings is 1. The van der Waals surface area contributed by atoms with E-state index in [4.69, 9.17) is 19.8 Å². The van der Waals surface area contributed by atoms with Gasteiger partial charge in [0.05, 0.1) is 13.2 Å². The van der Waals surface area contributed by atoms with Crippen LogP contribution < -0.4 is 20.9 Å². The molecule has 0 bridgehead atoms. The number of nitrogens with one attached hydrogen (secondary N) is 3. The molecule has 11 heteroatoms. The molecule has 0 atom stereocenters. The van der Waals surface area contributed by atoms with Crippen LogP contribution in [0.15, 0.2) is 18.6 Å². The lowest BCUT2D eigenvalue weighted by Gasteiger charge is -2.27. The van der Waals surface area contributed by atoms with Gasteiger partial charge in [0.25, 0.3) is 0 Å². The van der Waals surface area contributed by atoms with Crippen molar-refractivity contribution in [1.82, 2.24) is 40.3 Å². The van der Waals surface area contributed by atoms with Gasteiger partial charge in [-0.05, 0) is 25.8 Å². The van der Waals surface area contributed by atoms with Gasteiger partial charge >= 0.3 is 0 Å². The SMILES string of the molecule is CCOCCn1nc(CNC2CCCC2)c2nc(N3CCNCC3)nc(Nc3ccncn3)c21. The molecule has 1 aliphatic carbocycles. The number of hydrogen-bond acceptors (Lipinski definition) is 10. The molecule has 0 radical (unpaired) electrons. The Morgan fingerprint density at radius 3 is 2.79 bits per heavy atom. The second kappa shape index (κ2) is 11.0. The summed E-state index contributed by atoms with van der Waals surface area (Å²) < 4.78 is 7.61. The van der Waals surface area contributed by atoms with E-state index < -0.39 is 0 Å². The quantitative estimate of drug-likeness (QED) is 0.382. The lowest BCUT2D eigenvalue weighted by atomic mass is 10.2. The fourth-order valence-electron chi connectivity index (χ4n) is 4.66. The van der Waals surface area contributed by atoms with Crippen LogP contribution in [0.4, 0.5) is 17.6 Å². The number of rotatable bonds is 10. The van der Waals surface area contributed by atoms with E-state index in [-0.39, 0.29) is 0 Å². The lowest BCUT2D eigenvalue weighted by molar-refractivity contribution is 0.137. The van der Waals surface area contributed by atoms with Crippen molar-refractivity contribution in [3.8, 4) is 0 Å². The second-order valence-corrected chi connectivity index (χ2v) is 8.76. The molecule has 2 aliphatic rings. The van der Waals surface area contributed by atoms with E-state index in [0.29, 0.717) is 44.0 Å². The summed E-state index contributed by atoms with van der Waals surface area (Å²) in [5.41, 5.74) is 2.70. The van der Waals surface area contributed by atoms with E-state index in [1.54, 1.807) is 6.20 Å². The standard InChI is InChI=1S/C23H34N10O/c1-2-34-14-13-33-21-20(18(31-33)15-26-17-5-3-4-6-17)29-23(32-11-9-24-10-12-32)30-22(21)28-19-7-8-25-16-27-19/h7-8,16-17,24,26H,2-6,9-15H2,1H3,(H,25,27,28,29,30). The van der Waals surface area contributed by atoms with Gasteiger partial charge in [-0.3, -0.25) is 4.68 Å². The highest BCUT2D eigenvalue weighted by Gasteiger charge is 2.23.